The van der Waals surface area contributed by atoms with Gasteiger partial charge in [0.1, 0.15) is 0 Å². The fourth-order valence-corrected chi connectivity index (χ4v) is 2.63. The lowest BCUT2D eigenvalue weighted by atomic mass is 9.95. The van der Waals surface area contributed by atoms with Gasteiger partial charge in [-0.15, -0.1) is 0 Å². The SMILES string of the molecule is Cc1cc(C(/C=C/c2ccc(C(=O)O)c(C)c2)C(F)(F)F)ccc1Cl. The number of aryl methyl sites for hydroxylation is 2. The van der Waals surface area contributed by atoms with Crippen LogP contribution in [0.1, 0.15) is 38.5 Å². The summed E-state index contributed by atoms with van der Waals surface area (Å²) in [6, 6.07) is 8.63. The molecule has 0 aliphatic rings. The van der Waals surface area contributed by atoms with Crippen molar-refractivity contribution in [1.29, 1.82) is 0 Å². The quantitative estimate of drug-likeness (QED) is 0.717. The highest BCUT2D eigenvalue weighted by Gasteiger charge is 2.38. The van der Waals surface area contributed by atoms with Crippen LogP contribution in [0.2, 0.25) is 5.02 Å². The average Bonchev–Trinajstić information content (AvgIpc) is 2.49. The first-order valence-corrected chi connectivity index (χ1v) is 7.82. The van der Waals surface area contributed by atoms with Crippen molar-refractivity contribution in [3.63, 3.8) is 0 Å². The number of allylic oxidation sites excluding steroid dienone is 1. The molecule has 0 aliphatic carbocycles. The van der Waals surface area contributed by atoms with Crippen LogP contribution in [0.4, 0.5) is 13.2 Å². The van der Waals surface area contributed by atoms with Crippen LogP contribution in [-0.4, -0.2) is 17.3 Å². The first-order valence-electron chi connectivity index (χ1n) is 7.44. The van der Waals surface area contributed by atoms with Gasteiger partial charge < -0.3 is 5.11 Å². The fraction of sp³-hybridized carbons (Fsp3) is 0.211. The summed E-state index contributed by atoms with van der Waals surface area (Å²) in [5.74, 6) is -2.85. The maximum atomic E-state index is 13.4. The fourth-order valence-electron chi connectivity index (χ4n) is 2.51. The van der Waals surface area contributed by atoms with Gasteiger partial charge in [-0.3, -0.25) is 0 Å². The minimum Gasteiger partial charge on any atom is -0.478 e. The predicted octanol–water partition coefficient (Wildman–Crippen LogP) is 6.01. The molecule has 6 heteroatoms. The minimum absolute atomic E-state index is 0.101. The van der Waals surface area contributed by atoms with E-state index in [0.29, 0.717) is 21.7 Å². The Morgan fingerprint density at radius 3 is 2.32 bits per heavy atom. The van der Waals surface area contributed by atoms with Gasteiger partial charge in [0.15, 0.2) is 0 Å². The first kappa shape index (κ1) is 19.1. The summed E-state index contributed by atoms with van der Waals surface area (Å²) >= 11 is 5.88. The van der Waals surface area contributed by atoms with Crippen LogP contribution in [0.25, 0.3) is 6.08 Å². The van der Waals surface area contributed by atoms with Crippen molar-refractivity contribution >= 4 is 23.6 Å². The number of aromatic carboxylic acids is 1. The molecule has 0 aliphatic heterocycles. The zero-order valence-corrected chi connectivity index (χ0v) is 14.3. The van der Waals surface area contributed by atoms with Crippen LogP contribution in [0, 0.1) is 13.8 Å². The Bertz CT molecular complexity index is 826. The normalized spacial score (nSPS) is 13.2. The number of rotatable bonds is 4. The summed E-state index contributed by atoms with van der Waals surface area (Å²) < 4.78 is 40.3. The summed E-state index contributed by atoms with van der Waals surface area (Å²) in [7, 11) is 0. The molecule has 2 rings (SSSR count). The molecule has 0 saturated heterocycles. The second-order valence-electron chi connectivity index (χ2n) is 5.77. The monoisotopic (exact) mass is 368 g/mol. The molecule has 2 aromatic rings. The molecule has 0 fully saturated rings. The number of benzene rings is 2. The van der Waals surface area contributed by atoms with Gasteiger partial charge >= 0.3 is 12.1 Å². The van der Waals surface area contributed by atoms with Crippen LogP contribution >= 0.6 is 11.6 Å². The third kappa shape index (κ3) is 4.63. The van der Waals surface area contributed by atoms with Gasteiger partial charge in [-0.2, -0.15) is 13.2 Å². The van der Waals surface area contributed by atoms with Crippen molar-refractivity contribution in [2.75, 3.05) is 0 Å². The van der Waals surface area contributed by atoms with E-state index in [1.165, 1.54) is 36.4 Å². The summed E-state index contributed by atoms with van der Waals surface area (Å²) in [6.45, 7) is 3.25. The van der Waals surface area contributed by atoms with Gasteiger partial charge in [0, 0.05) is 5.02 Å². The lowest BCUT2D eigenvalue weighted by Crippen LogP contribution is -2.19. The molecule has 0 spiro atoms. The van der Waals surface area contributed by atoms with Crippen LogP contribution in [0.15, 0.2) is 42.5 Å². The predicted molar refractivity (Wildman–Crippen MR) is 92.2 cm³/mol. The number of hydrogen-bond acceptors (Lipinski definition) is 1. The molecule has 2 aromatic carbocycles. The zero-order valence-electron chi connectivity index (χ0n) is 13.6. The van der Waals surface area contributed by atoms with Gasteiger partial charge in [0.2, 0.25) is 0 Å². The van der Waals surface area contributed by atoms with E-state index >= 15 is 0 Å². The number of alkyl halides is 3. The Kier molecular flexibility index (Phi) is 5.58. The summed E-state index contributed by atoms with van der Waals surface area (Å²) in [5.41, 5.74) is 1.79. The molecule has 1 atom stereocenters. The molecule has 0 radical (unpaired) electrons. The second-order valence-corrected chi connectivity index (χ2v) is 6.17. The average molecular weight is 369 g/mol. The zero-order chi connectivity index (χ0) is 18.8. The topological polar surface area (TPSA) is 37.3 Å². The van der Waals surface area contributed by atoms with Gasteiger partial charge in [-0.05, 0) is 48.2 Å². The minimum atomic E-state index is -4.45. The van der Waals surface area contributed by atoms with Crippen molar-refractivity contribution in [2.45, 2.75) is 25.9 Å². The molecule has 1 unspecified atom stereocenters. The first-order chi connectivity index (χ1) is 11.6. The molecule has 25 heavy (non-hydrogen) atoms. The van der Waals surface area contributed by atoms with E-state index in [2.05, 4.69) is 0 Å². The van der Waals surface area contributed by atoms with Crippen LogP contribution in [0.3, 0.4) is 0 Å². The maximum Gasteiger partial charge on any atom is 0.399 e. The Balaban J connectivity index is 2.37. The molecule has 0 bridgehead atoms. The smallest absolute Gasteiger partial charge is 0.399 e. The van der Waals surface area contributed by atoms with Crippen molar-refractivity contribution in [3.8, 4) is 0 Å². The molecule has 132 valence electrons. The van der Waals surface area contributed by atoms with Crippen LogP contribution in [0.5, 0.6) is 0 Å². The summed E-state index contributed by atoms with van der Waals surface area (Å²) in [6.07, 6.45) is -2.04. The number of carbonyl (C=O) groups is 1. The van der Waals surface area contributed by atoms with Crippen LogP contribution in [-0.2, 0) is 0 Å². The van der Waals surface area contributed by atoms with Crippen molar-refractivity contribution < 1.29 is 23.1 Å². The van der Waals surface area contributed by atoms with Gasteiger partial charge in [0.25, 0.3) is 0 Å². The third-order valence-electron chi connectivity index (χ3n) is 3.86. The van der Waals surface area contributed by atoms with E-state index in [9.17, 15) is 18.0 Å². The van der Waals surface area contributed by atoms with Gasteiger partial charge in [-0.25, -0.2) is 4.79 Å². The largest absolute Gasteiger partial charge is 0.478 e. The maximum absolute atomic E-state index is 13.4. The van der Waals surface area contributed by atoms with E-state index in [-0.39, 0.29) is 11.1 Å². The number of carboxylic acid groups (broad SMARTS) is 1. The molecule has 0 aromatic heterocycles. The Morgan fingerprint density at radius 2 is 1.80 bits per heavy atom. The van der Waals surface area contributed by atoms with E-state index in [1.54, 1.807) is 19.9 Å². The molecule has 1 N–H and O–H groups in total. The van der Waals surface area contributed by atoms with Crippen molar-refractivity contribution in [3.05, 3.63) is 75.3 Å². The Labute approximate surface area is 148 Å². The molecule has 2 nitrogen and oxygen atoms in total. The van der Waals surface area contributed by atoms with E-state index in [4.69, 9.17) is 16.7 Å². The molecular formula is C19H16ClF3O2. The Morgan fingerprint density at radius 1 is 1.12 bits per heavy atom. The van der Waals surface area contributed by atoms with E-state index in [1.807, 2.05) is 0 Å². The number of carboxylic acids is 1. The number of hydrogen-bond donors (Lipinski definition) is 1. The highest BCUT2D eigenvalue weighted by atomic mass is 35.5. The van der Waals surface area contributed by atoms with Crippen molar-refractivity contribution in [1.82, 2.24) is 0 Å². The van der Waals surface area contributed by atoms with Gasteiger partial charge in [0.05, 0.1) is 11.5 Å². The lowest BCUT2D eigenvalue weighted by molar-refractivity contribution is -0.139. The lowest BCUT2D eigenvalue weighted by Gasteiger charge is -2.18. The number of halogens is 4. The van der Waals surface area contributed by atoms with E-state index < -0.39 is 18.1 Å². The summed E-state index contributed by atoms with van der Waals surface area (Å²) in [5, 5.41) is 9.41. The molecular weight excluding hydrogens is 353 g/mol. The second kappa shape index (κ2) is 7.31. The van der Waals surface area contributed by atoms with E-state index in [0.717, 1.165) is 6.08 Å². The third-order valence-corrected chi connectivity index (χ3v) is 4.28. The van der Waals surface area contributed by atoms with Gasteiger partial charge in [-0.1, -0.05) is 48.0 Å². The summed E-state index contributed by atoms with van der Waals surface area (Å²) in [4.78, 5) is 11.0. The van der Waals surface area contributed by atoms with Crippen molar-refractivity contribution in [2.24, 2.45) is 0 Å². The molecule has 0 amide bonds. The van der Waals surface area contributed by atoms with Crippen LogP contribution < -0.4 is 0 Å². The molecule has 0 saturated carbocycles. The highest BCUT2D eigenvalue weighted by Crippen LogP contribution is 2.37. The molecule has 0 heterocycles. The Hall–Kier alpha value is -2.27. The standard InChI is InChI=1S/C19H16ClF3O2/c1-11-9-13(3-6-15(11)18(24)25)4-7-16(19(21,22)23)14-5-8-17(20)12(2)10-14/h3-10,16H,1-2H3,(H,24,25)/b7-4+. The highest BCUT2D eigenvalue weighted by molar-refractivity contribution is 6.31.